The second-order valence-corrected chi connectivity index (χ2v) is 6.10. The van der Waals surface area contributed by atoms with E-state index in [0.29, 0.717) is 18.3 Å². The number of hydrogen-bond acceptors (Lipinski definition) is 6. The van der Waals surface area contributed by atoms with Crippen molar-refractivity contribution < 1.29 is 4.74 Å². The first-order valence-electron chi connectivity index (χ1n) is 7.98. The zero-order valence-corrected chi connectivity index (χ0v) is 14.4. The van der Waals surface area contributed by atoms with Gasteiger partial charge in [-0.25, -0.2) is 9.97 Å². The summed E-state index contributed by atoms with van der Waals surface area (Å²) in [6, 6.07) is 7.78. The number of aromatic nitrogens is 5. The summed E-state index contributed by atoms with van der Waals surface area (Å²) in [5, 5.41) is 12.1. The second-order valence-electron chi connectivity index (χ2n) is 6.10. The number of rotatable bonds is 6. The molecule has 0 aliphatic carbocycles. The molecule has 7 heteroatoms. The molecule has 0 radical (unpaired) electrons. The quantitative estimate of drug-likeness (QED) is 0.750. The van der Waals surface area contributed by atoms with Gasteiger partial charge in [0.15, 0.2) is 17.3 Å². The highest BCUT2D eigenvalue weighted by Gasteiger charge is 2.22. The maximum atomic E-state index is 5.14. The van der Waals surface area contributed by atoms with Gasteiger partial charge in [0.1, 0.15) is 12.4 Å². The zero-order chi connectivity index (χ0) is 17.1. The van der Waals surface area contributed by atoms with E-state index >= 15 is 0 Å². The topological polar surface area (TPSA) is 77.2 Å². The number of hydrogen-bond donors (Lipinski definition) is 1. The molecule has 0 amide bonds. The van der Waals surface area contributed by atoms with Crippen LogP contribution < -0.4 is 5.32 Å². The number of fused-ring (bicyclic) bond motifs is 1. The Hall–Kier alpha value is -2.54. The fourth-order valence-corrected chi connectivity index (χ4v) is 2.66. The van der Waals surface area contributed by atoms with Crippen molar-refractivity contribution in [2.45, 2.75) is 33.4 Å². The van der Waals surface area contributed by atoms with Gasteiger partial charge in [-0.2, -0.15) is 0 Å². The fraction of sp³-hybridized carbons (Fsp3) is 0.412. The van der Waals surface area contributed by atoms with Crippen LogP contribution in [-0.4, -0.2) is 31.7 Å². The number of anilines is 1. The third-order valence-electron chi connectivity index (χ3n) is 3.76. The van der Waals surface area contributed by atoms with E-state index < -0.39 is 0 Å². The maximum absolute atomic E-state index is 5.14. The van der Waals surface area contributed by atoms with Gasteiger partial charge in [-0.3, -0.25) is 4.40 Å². The third-order valence-corrected chi connectivity index (χ3v) is 3.76. The van der Waals surface area contributed by atoms with Gasteiger partial charge in [-0.1, -0.05) is 19.9 Å². The Morgan fingerprint density at radius 3 is 2.79 bits per heavy atom. The van der Waals surface area contributed by atoms with Crippen LogP contribution in [-0.2, 0) is 11.3 Å². The molecule has 126 valence electrons. The van der Waals surface area contributed by atoms with Crippen molar-refractivity contribution in [2.75, 3.05) is 12.4 Å². The number of ether oxygens (including phenoxy) is 1. The summed E-state index contributed by atoms with van der Waals surface area (Å²) in [5.74, 6) is 2.60. The van der Waals surface area contributed by atoms with E-state index in [1.807, 2.05) is 41.8 Å². The van der Waals surface area contributed by atoms with Crippen LogP contribution in [0.15, 0.2) is 30.5 Å². The molecule has 24 heavy (non-hydrogen) atoms. The summed E-state index contributed by atoms with van der Waals surface area (Å²) in [4.78, 5) is 8.91. The van der Waals surface area contributed by atoms with Gasteiger partial charge in [0.25, 0.3) is 0 Å². The fourth-order valence-electron chi connectivity index (χ4n) is 2.66. The SMILES string of the molecule is COCc1nc(C)cc(N[C@H](c2nnc3ccccn23)C(C)C)n1. The maximum Gasteiger partial charge on any atom is 0.160 e. The minimum atomic E-state index is -0.0212. The van der Waals surface area contributed by atoms with Crippen molar-refractivity contribution in [2.24, 2.45) is 5.92 Å². The second kappa shape index (κ2) is 6.92. The van der Waals surface area contributed by atoms with Gasteiger partial charge >= 0.3 is 0 Å². The molecular formula is C17H22N6O. The molecule has 3 aromatic heterocycles. The average Bonchev–Trinajstić information content (AvgIpc) is 2.96. The van der Waals surface area contributed by atoms with Gasteiger partial charge in [-0.15, -0.1) is 10.2 Å². The lowest BCUT2D eigenvalue weighted by Crippen LogP contribution is -2.21. The molecule has 0 fully saturated rings. The van der Waals surface area contributed by atoms with Crippen molar-refractivity contribution in [3.8, 4) is 0 Å². The monoisotopic (exact) mass is 326 g/mol. The largest absolute Gasteiger partial charge is 0.377 e. The smallest absolute Gasteiger partial charge is 0.160 e. The van der Waals surface area contributed by atoms with Crippen LogP contribution in [0.1, 0.15) is 37.2 Å². The minimum Gasteiger partial charge on any atom is -0.377 e. The van der Waals surface area contributed by atoms with Crippen LogP contribution in [0.3, 0.4) is 0 Å². The summed E-state index contributed by atoms with van der Waals surface area (Å²) in [7, 11) is 1.64. The van der Waals surface area contributed by atoms with Gasteiger partial charge < -0.3 is 10.1 Å². The summed E-state index contributed by atoms with van der Waals surface area (Å²) >= 11 is 0. The standard InChI is InChI=1S/C17H22N6O/c1-11(2)16(17-22-21-15-7-5-6-8-23(15)17)20-13-9-12(3)18-14(19-13)10-24-4/h5-9,11,16H,10H2,1-4H3,(H,18,19,20)/t16-/m0/s1. The van der Waals surface area contributed by atoms with Crippen LogP contribution in [0, 0.1) is 12.8 Å². The van der Waals surface area contributed by atoms with E-state index in [2.05, 4.69) is 39.3 Å². The first kappa shape index (κ1) is 16.3. The van der Waals surface area contributed by atoms with E-state index in [9.17, 15) is 0 Å². The Balaban J connectivity index is 1.95. The predicted octanol–water partition coefficient (Wildman–Crippen LogP) is 2.78. The van der Waals surface area contributed by atoms with Gasteiger partial charge in [-0.05, 0) is 25.0 Å². The van der Waals surface area contributed by atoms with Crippen LogP contribution in [0.5, 0.6) is 0 Å². The molecule has 3 rings (SSSR count). The molecule has 0 saturated carbocycles. The molecular weight excluding hydrogens is 304 g/mol. The molecule has 3 heterocycles. The Labute approximate surface area is 141 Å². The Morgan fingerprint density at radius 2 is 2.04 bits per heavy atom. The number of nitrogens with one attached hydrogen (secondary N) is 1. The molecule has 7 nitrogen and oxygen atoms in total. The van der Waals surface area contributed by atoms with Crippen LogP contribution >= 0.6 is 0 Å². The van der Waals surface area contributed by atoms with Crippen molar-refractivity contribution in [1.29, 1.82) is 0 Å². The number of nitrogens with zero attached hydrogens (tertiary/aromatic N) is 5. The predicted molar refractivity (Wildman–Crippen MR) is 91.7 cm³/mol. The molecule has 0 aliphatic heterocycles. The zero-order valence-electron chi connectivity index (χ0n) is 14.4. The first-order chi connectivity index (χ1) is 11.6. The van der Waals surface area contributed by atoms with E-state index in [4.69, 9.17) is 4.74 Å². The highest BCUT2D eigenvalue weighted by Crippen LogP contribution is 2.25. The number of methoxy groups -OCH3 is 1. The molecule has 1 N–H and O–H groups in total. The van der Waals surface area contributed by atoms with Crippen molar-refractivity contribution in [3.63, 3.8) is 0 Å². The first-order valence-corrected chi connectivity index (χ1v) is 7.98. The lowest BCUT2D eigenvalue weighted by Gasteiger charge is -2.22. The Bertz CT molecular complexity index is 829. The van der Waals surface area contributed by atoms with E-state index in [1.165, 1.54) is 0 Å². The van der Waals surface area contributed by atoms with Crippen molar-refractivity contribution in [3.05, 3.63) is 47.8 Å². The summed E-state index contributed by atoms with van der Waals surface area (Å²) < 4.78 is 7.14. The van der Waals surface area contributed by atoms with E-state index in [0.717, 1.165) is 23.0 Å². The molecule has 1 atom stereocenters. The molecule has 0 spiro atoms. The Kier molecular flexibility index (Phi) is 4.71. The van der Waals surface area contributed by atoms with E-state index in [-0.39, 0.29) is 6.04 Å². The average molecular weight is 326 g/mol. The molecule has 0 aliphatic rings. The van der Waals surface area contributed by atoms with Crippen LogP contribution in [0.25, 0.3) is 5.65 Å². The van der Waals surface area contributed by atoms with Crippen molar-refractivity contribution in [1.82, 2.24) is 24.6 Å². The Morgan fingerprint density at radius 1 is 1.21 bits per heavy atom. The summed E-state index contributed by atoms with van der Waals surface area (Å²) in [5.41, 5.74) is 1.73. The lowest BCUT2D eigenvalue weighted by atomic mass is 10.0. The molecule has 0 saturated heterocycles. The molecule has 0 aromatic carbocycles. The van der Waals surface area contributed by atoms with Crippen LogP contribution in [0.4, 0.5) is 5.82 Å². The third kappa shape index (κ3) is 3.35. The van der Waals surface area contributed by atoms with E-state index in [1.54, 1.807) is 7.11 Å². The highest BCUT2D eigenvalue weighted by atomic mass is 16.5. The summed E-state index contributed by atoms with van der Waals surface area (Å²) in [6.45, 7) is 6.62. The molecule has 0 bridgehead atoms. The highest BCUT2D eigenvalue weighted by molar-refractivity contribution is 5.41. The summed E-state index contributed by atoms with van der Waals surface area (Å²) in [6.07, 6.45) is 1.98. The van der Waals surface area contributed by atoms with Gasteiger partial charge in [0.05, 0.1) is 6.04 Å². The van der Waals surface area contributed by atoms with Gasteiger partial charge in [0.2, 0.25) is 0 Å². The van der Waals surface area contributed by atoms with Crippen molar-refractivity contribution >= 4 is 11.5 Å². The molecule has 3 aromatic rings. The van der Waals surface area contributed by atoms with Crippen LogP contribution in [0.2, 0.25) is 0 Å². The minimum absolute atomic E-state index is 0.0212. The van der Waals surface area contributed by atoms with Gasteiger partial charge in [0, 0.05) is 25.1 Å². The normalized spacial score (nSPS) is 12.7. The number of pyridine rings is 1. The number of aryl methyl sites for hydroxylation is 1. The lowest BCUT2D eigenvalue weighted by molar-refractivity contribution is 0.177. The molecule has 0 unspecified atom stereocenters.